The van der Waals surface area contributed by atoms with Crippen LogP contribution in [0.2, 0.25) is 5.02 Å². The number of hydrogen-bond donors (Lipinski definition) is 1. The Labute approximate surface area is 107 Å². The second-order valence-corrected chi connectivity index (χ2v) is 5.07. The molecule has 1 heterocycles. The molecule has 4 heteroatoms. The number of nitrogens with zero attached hydrogens (tertiary/aromatic N) is 1. The van der Waals surface area contributed by atoms with E-state index >= 15 is 0 Å². The minimum atomic E-state index is -0.0611. The van der Waals surface area contributed by atoms with Crippen molar-refractivity contribution in [1.29, 1.82) is 0 Å². The van der Waals surface area contributed by atoms with Crippen LogP contribution in [-0.4, -0.2) is 24.5 Å². The van der Waals surface area contributed by atoms with Crippen molar-refractivity contribution in [2.45, 2.75) is 32.4 Å². The molecule has 1 atom stereocenters. The molecule has 1 fully saturated rings. The molecule has 1 unspecified atom stereocenters. The highest BCUT2D eigenvalue weighted by Gasteiger charge is 2.32. The number of carbonyl (C=O) groups is 1. The van der Waals surface area contributed by atoms with E-state index < -0.39 is 0 Å². The average molecular weight is 253 g/mol. The van der Waals surface area contributed by atoms with Gasteiger partial charge in [0.1, 0.15) is 0 Å². The van der Waals surface area contributed by atoms with Gasteiger partial charge in [0.2, 0.25) is 5.91 Å². The van der Waals surface area contributed by atoms with E-state index in [4.69, 9.17) is 11.6 Å². The Morgan fingerprint density at radius 1 is 1.47 bits per heavy atom. The lowest BCUT2D eigenvalue weighted by Gasteiger charge is -2.18. The highest BCUT2D eigenvalue weighted by Crippen LogP contribution is 2.24. The summed E-state index contributed by atoms with van der Waals surface area (Å²) in [4.78, 5) is 14.0. The first-order chi connectivity index (χ1) is 8.08. The summed E-state index contributed by atoms with van der Waals surface area (Å²) in [5.74, 6) is 0.140. The molecule has 2 rings (SSSR count). The van der Waals surface area contributed by atoms with Crippen molar-refractivity contribution in [3.63, 3.8) is 0 Å². The molecular weight excluding hydrogens is 236 g/mol. The normalized spacial score (nSPS) is 20.4. The summed E-state index contributed by atoms with van der Waals surface area (Å²) < 4.78 is 0. The number of amides is 1. The summed E-state index contributed by atoms with van der Waals surface area (Å²) >= 11 is 5.94. The molecule has 1 aliphatic rings. The number of hydrogen-bond acceptors (Lipinski definition) is 2. The van der Waals surface area contributed by atoms with Crippen LogP contribution in [0.1, 0.15) is 20.3 Å². The Hall–Kier alpha value is -1.06. The van der Waals surface area contributed by atoms with Crippen LogP contribution in [-0.2, 0) is 4.79 Å². The molecule has 3 nitrogen and oxygen atoms in total. The standard InChI is InChI=1S/C13H17ClN2O/c1-9(2)15-12-6-7-16(13(12)17)11-5-3-4-10(14)8-11/h3-5,8-9,12,15H,6-7H2,1-2H3. The minimum Gasteiger partial charge on any atom is -0.311 e. The Morgan fingerprint density at radius 2 is 2.24 bits per heavy atom. The lowest BCUT2D eigenvalue weighted by molar-refractivity contribution is -0.118. The molecule has 1 amide bonds. The first-order valence-electron chi connectivity index (χ1n) is 5.91. The molecule has 1 saturated heterocycles. The maximum absolute atomic E-state index is 12.2. The van der Waals surface area contributed by atoms with Gasteiger partial charge >= 0.3 is 0 Å². The number of halogens is 1. The predicted octanol–water partition coefficient (Wildman–Crippen LogP) is 2.44. The SMILES string of the molecule is CC(C)NC1CCN(c2cccc(Cl)c2)C1=O. The average Bonchev–Trinajstić information content (AvgIpc) is 2.60. The Morgan fingerprint density at radius 3 is 2.88 bits per heavy atom. The smallest absolute Gasteiger partial charge is 0.244 e. The highest BCUT2D eigenvalue weighted by atomic mass is 35.5. The van der Waals surface area contributed by atoms with Gasteiger partial charge in [-0.25, -0.2) is 0 Å². The first-order valence-corrected chi connectivity index (χ1v) is 6.28. The maximum Gasteiger partial charge on any atom is 0.244 e. The first kappa shape index (κ1) is 12.4. The van der Waals surface area contributed by atoms with Crippen LogP contribution < -0.4 is 10.2 Å². The van der Waals surface area contributed by atoms with Gasteiger partial charge in [-0.2, -0.15) is 0 Å². The lowest BCUT2D eigenvalue weighted by atomic mass is 10.2. The van der Waals surface area contributed by atoms with E-state index in [1.807, 2.05) is 24.3 Å². The van der Waals surface area contributed by atoms with Gasteiger partial charge in [0.05, 0.1) is 6.04 Å². The molecule has 1 N–H and O–H groups in total. The van der Waals surface area contributed by atoms with Crippen molar-refractivity contribution in [3.05, 3.63) is 29.3 Å². The number of benzene rings is 1. The Kier molecular flexibility index (Phi) is 3.69. The van der Waals surface area contributed by atoms with Crippen LogP contribution >= 0.6 is 11.6 Å². The molecule has 1 aliphatic heterocycles. The lowest BCUT2D eigenvalue weighted by Crippen LogP contribution is -2.41. The van der Waals surface area contributed by atoms with E-state index in [9.17, 15) is 4.79 Å². The quantitative estimate of drug-likeness (QED) is 0.896. The monoisotopic (exact) mass is 252 g/mol. The zero-order chi connectivity index (χ0) is 12.4. The third kappa shape index (κ3) is 2.79. The number of nitrogens with one attached hydrogen (secondary N) is 1. The summed E-state index contributed by atoms with van der Waals surface area (Å²) in [6.07, 6.45) is 0.851. The van der Waals surface area contributed by atoms with Crippen LogP contribution in [0.3, 0.4) is 0 Å². The fraction of sp³-hybridized carbons (Fsp3) is 0.462. The molecule has 0 bridgehead atoms. The van der Waals surface area contributed by atoms with Gasteiger partial charge in [0.15, 0.2) is 0 Å². The minimum absolute atomic E-state index is 0.0611. The molecule has 0 spiro atoms. The van der Waals surface area contributed by atoms with Gasteiger partial charge in [-0.1, -0.05) is 31.5 Å². The van der Waals surface area contributed by atoms with E-state index in [1.165, 1.54) is 0 Å². The Balaban J connectivity index is 2.12. The predicted molar refractivity (Wildman–Crippen MR) is 70.5 cm³/mol. The summed E-state index contributed by atoms with van der Waals surface area (Å²) in [5.41, 5.74) is 0.885. The molecular formula is C13H17ClN2O. The summed E-state index contributed by atoms with van der Waals surface area (Å²) in [6, 6.07) is 7.69. The van der Waals surface area contributed by atoms with E-state index in [1.54, 1.807) is 4.90 Å². The largest absolute Gasteiger partial charge is 0.311 e. The third-order valence-electron chi connectivity index (χ3n) is 2.86. The summed E-state index contributed by atoms with van der Waals surface area (Å²) in [6.45, 7) is 4.86. The zero-order valence-corrected chi connectivity index (χ0v) is 10.9. The second kappa shape index (κ2) is 5.07. The van der Waals surface area contributed by atoms with Gasteiger partial charge in [-0.3, -0.25) is 4.79 Å². The fourth-order valence-electron chi connectivity index (χ4n) is 2.14. The van der Waals surface area contributed by atoms with Gasteiger partial charge < -0.3 is 10.2 Å². The second-order valence-electron chi connectivity index (χ2n) is 4.63. The summed E-state index contributed by atoms with van der Waals surface area (Å²) in [5, 5.41) is 3.94. The molecule has 1 aromatic carbocycles. The highest BCUT2D eigenvalue weighted by molar-refractivity contribution is 6.30. The zero-order valence-electron chi connectivity index (χ0n) is 10.1. The third-order valence-corrected chi connectivity index (χ3v) is 3.09. The van der Waals surface area contributed by atoms with Gasteiger partial charge in [-0.15, -0.1) is 0 Å². The van der Waals surface area contributed by atoms with E-state index in [2.05, 4.69) is 19.2 Å². The van der Waals surface area contributed by atoms with E-state index in [0.717, 1.165) is 18.7 Å². The van der Waals surface area contributed by atoms with Crippen molar-refractivity contribution in [2.75, 3.05) is 11.4 Å². The van der Waals surface area contributed by atoms with Crippen LogP contribution in [0.5, 0.6) is 0 Å². The van der Waals surface area contributed by atoms with Crippen LogP contribution in [0.25, 0.3) is 0 Å². The number of anilines is 1. The van der Waals surface area contributed by atoms with Crippen molar-refractivity contribution in [2.24, 2.45) is 0 Å². The van der Waals surface area contributed by atoms with Crippen molar-refractivity contribution < 1.29 is 4.79 Å². The van der Waals surface area contributed by atoms with Crippen LogP contribution in [0.15, 0.2) is 24.3 Å². The van der Waals surface area contributed by atoms with Crippen LogP contribution in [0, 0.1) is 0 Å². The van der Waals surface area contributed by atoms with Crippen molar-refractivity contribution >= 4 is 23.2 Å². The maximum atomic E-state index is 12.2. The van der Waals surface area contributed by atoms with E-state index in [0.29, 0.717) is 11.1 Å². The number of rotatable bonds is 3. The molecule has 92 valence electrons. The fourth-order valence-corrected chi connectivity index (χ4v) is 2.32. The number of carbonyl (C=O) groups excluding carboxylic acids is 1. The van der Waals surface area contributed by atoms with Gasteiger partial charge in [0.25, 0.3) is 0 Å². The molecule has 0 aromatic heterocycles. The molecule has 1 aromatic rings. The van der Waals surface area contributed by atoms with Crippen LogP contribution in [0.4, 0.5) is 5.69 Å². The molecule has 0 saturated carbocycles. The molecule has 0 aliphatic carbocycles. The van der Waals surface area contributed by atoms with E-state index in [-0.39, 0.29) is 11.9 Å². The topological polar surface area (TPSA) is 32.3 Å². The van der Waals surface area contributed by atoms with Crippen molar-refractivity contribution in [1.82, 2.24) is 5.32 Å². The molecule has 0 radical (unpaired) electrons. The van der Waals surface area contributed by atoms with Gasteiger partial charge in [0, 0.05) is 23.3 Å². The van der Waals surface area contributed by atoms with Crippen molar-refractivity contribution in [3.8, 4) is 0 Å². The Bertz CT molecular complexity index is 420. The van der Waals surface area contributed by atoms with Gasteiger partial charge in [-0.05, 0) is 24.6 Å². The molecule has 17 heavy (non-hydrogen) atoms. The summed E-state index contributed by atoms with van der Waals surface area (Å²) in [7, 11) is 0.